The molecule has 88 valence electrons. The Balaban J connectivity index is 2.44. The normalized spacial score (nSPS) is 11.7. The van der Waals surface area contributed by atoms with Crippen LogP contribution in [0.25, 0.3) is 21.9 Å². The second kappa shape index (κ2) is 3.61. The first-order valence-corrected chi connectivity index (χ1v) is 5.48. The third kappa shape index (κ3) is 1.53. The highest BCUT2D eigenvalue weighted by molar-refractivity contribution is 5.98. The van der Waals surface area contributed by atoms with Crippen LogP contribution >= 0.6 is 0 Å². The van der Waals surface area contributed by atoms with Gasteiger partial charge in [0.1, 0.15) is 22.7 Å². The van der Waals surface area contributed by atoms with Crippen LogP contribution in [0.3, 0.4) is 0 Å². The summed E-state index contributed by atoms with van der Waals surface area (Å²) < 4.78 is 11.3. The molecule has 4 heteroatoms. The summed E-state index contributed by atoms with van der Waals surface area (Å²) >= 11 is 0. The zero-order valence-corrected chi connectivity index (χ0v) is 9.70. The summed E-state index contributed by atoms with van der Waals surface area (Å²) in [4.78, 5) is 0. The summed E-state index contributed by atoms with van der Waals surface area (Å²) in [5.74, 6) is 1.70. The molecule has 3 rings (SSSR count). The Hall–Kier alpha value is -1.78. The predicted molar refractivity (Wildman–Crippen MR) is 64.1 cm³/mol. The van der Waals surface area contributed by atoms with Gasteiger partial charge < -0.3 is 14.0 Å². The Morgan fingerprint density at radius 3 is 2.65 bits per heavy atom. The van der Waals surface area contributed by atoms with Gasteiger partial charge in [-0.3, -0.25) is 0 Å². The molecule has 0 fully saturated rings. The van der Waals surface area contributed by atoms with Gasteiger partial charge in [0.15, 0.2) is 0 Å². The summed E-state index contributed by atoms with van der Waals surface area (Å²) in [5.41, 5.74) is 4.73. The Morgan fingerprint density at radius 2 is 1.88 bits per heavy atom. The Labute approximate surface area is 97.8 Å². The lowest BCUT2D eigenvalue weighted by molar-refractivity contribution is 0.161. The minimum atomic E-state index is 0.333. The average Bonchev–Trinajstić information content (AvgIpc) is 2.79. The minimum absolute atomic E-state index is 0.333. The molecule has 2 N–H and O–H groups in total. The fraction of sp³-hybridized carbons (Fsp3) is 0.231. The van der Waals surface area contributed by atoms with Crippen LogP contribution in [0, 0.1) is 13.8 Å². The van der Waals surface area contributed by atoms with Gasteiger partial charge in [-0.15, -0.1) is 0 Å². The van der Waals surface area contributed by atoms with Gasteiger partial charge >= 0.3 is 0 Å². The summed E-state index contributed by atoms with van der Waals surface area (Å²) in [6.07, 6.45) is 0. The highest BCUT2D eigenvalue weighted by atomic mass is 16.5. The van der Waals surface area contributed by atoms with Crippen LogP contribution in [-0.4, -0.2) is 5.21 Å². The zero-order valence-electron chi connectivity index (χ0n) is 9.70. The molecule has 0 spiro atoms. The van der Waals surface area contributed by atoms with Crippen LogP contribution in [0.4, 0.5) is 0 Å². The van der Waals surface area contributed by atoms with Crippen molar-refractivity contribution in [2.75, 3.05) is 0 Å². The van der Waals surface area contributed by atoms with Crippen LogP contribution in [-0.2, 0) is 6.54 Å². The molecule has 17 heavy (non-hydrogen) atoms. The van der Waals surface area contributed by atoms with Crippen molar-refractivity contribution in [1.82, 2.24) is 5.48 Å². The van der Waals surface area contributed by atoms with E-state index in [-0.39, 0.29) is 0 Å². The number of hydroxylamine groups is 1. The molecule has 0 radical (unpaired) electrons. The van der Waals surface area contributed by atoms with E-state index in [2.05, 4.69) is 5.48 Å². The first-order chi connectivity index (χ1) is 8.19. The molecule has 0 saturated heterocycles. The smallest absolute Gasteiger partial charge is 0.139 e. The maximum atomic E-state index is 8.93. The van der Waals surface area contributed by atoms with Crippen molar-refractivity contribution in [3.05, 3.63) is 35.3 Å². The van der Waals surface area contributed by atoms with E-state index in [1.165, 1.54) is 0 Å². The van der Waals surface area contributed by atoms with Crippen molar-refractivity contribution >= 4 is 21.9 Å². The highest BCUT2D eigenvalue weighted by Crippen LogP contribution is 2.32. The average molecular weight is 231 g/mol. The molecule has 0 aliphatic heterocycles. The van der Waals surface area contributed by atoms with Gasteiger partial charge in [-0.2, -0.15) is 0 Å². The van der Waals surface area contributed by atoms with Crippen LogP contribution in [0.15, 0.2) is 27.0 Å². The number of benzene rings is 1. The van der Waals surface area contributed by atoms with Crippen LogP contribution < -0.4 is 5.48 Å². The molecule has 1 aromatic carbocycles. The molecule has 4 nitrogen and oxygen atoms in total. The van der Waals surface area contributed by atoms with E-state index in [4.69, 9.17) is 14.0 Å². The van der Waals surface area contributed by atoms with E-state index < -0.39 is 0 Å². The number of fused-ring (bicyclic) bond motifs is 2. The van der Waals surface area contributed by atoms with Gasteiger partial charge in [0.05, 0.1) is 6.54 Å². The maximum absolute atomic E-state index is 8.93. The van der Waals surface area contributed by atoms with Gasteiger partial charge in [0.25, 0.3) is 0 Å². The zero-order chi connectivity index (χ0) is 12.0. The first-order valence-electron chi connectivity index (χ1n) is 5.48. The predicted octanol–water partition coefficient (Wildman–Crippen LogP) is 3.27. The number of rotatable bonds is 2. The van der Waals surface area contributed by atoms with Crippen molar-refractivity contribution in [3.8, 4) is 0 Å². The van der Waals surface area contributed by atoms with Crippen LogP contribution in [0.5, 0.6) is 0 Å². The van der Waals surface area contributed by atoms with E-state index in [9.17, 15) is 0 Å². The van der Waals surface area contributed by atoms with E-state index in [1.807, 2.05) is 32.0 Å². The molecule has 0 aliphatic carbocycles. The molecule has 0 saturated carbocycles. The van der Waals surface area contributed by atoms with Crippen molar-refractivity contribution < 1.29 is 14.0 Å². The fourth-order valence-electron chi connectivity index (χ4n) is 2.27. The van der Waals surface area contributed by atoms with Crippen LogP contribution in [0.1, 0.15) is 17.1 Å². The third-order valence-electron chi connectivity index (χ3n) is 2.91. The molecular weight excluding hydrogens is 218 g/mol. The SMILES string of the molecule is Cc1cc2c(CNO)c3oc(C)cc3cc2o1. The van der Waals surface area contributed by atoms with Crippen molar-refractivity contribution in [2.24, 2.45) is 0 Å². The molecule has 0 amide bonds. The number of hydrogen-bond acceptors (Lipinski definition) is 4. The second-order valence-corrected chi connectivity index (χ2v) is 4.23. The maximum Gasteiger partial charge on any atom is 0.139 e. The monoisotopic (exact) mass is 231 g/mol. The Morgan fingerprint density at radius 1 is 1.12 bits per heavy atom. The summed E-state index contributed by atoms with van der Waals surface area (Å²) in [7, 11) is 0. The third-order valence-corrected chi connectivity index (χ3v) is 2.91. The van der Waals surface area contributed by atoms with Crippen molar-refractivity contribution in [1.29, 1.82) is 0 Å². The minimum Gasteiger partial charge on any atom is -0.461 e. The Bertz CT molecular complexity index is 639. The lowest BCUT2D eigenvalue weighted by Gasteiger charge is -2.02. The van der Waals surface area contributed by atoms with Crippen molar-refractivity contribution in [3.63, 3.8) is 0 Å². The number of hydrogen-bond donors (Lipinski definition) is 2. The van der Waals surface area contributed by atoms with Crippen molar-refractivity contribution in [2.45, 2.75) is 20.4 Å². The van der Waals surface area contributed by atoms with Gasteiger partial charge in [-0.1, -0.05) is 0 Å². The molecular formula is C13H13NO3. The molecule has 2 heterocycles. The standard InChI is InChI=1S/C13H13NO3/c1-7-3-9-5-12-10(4-8(2)16-12)11(6-14-15)13(9)17-7/h3-5,14-15H,6H2,1-2H3. The molecule has 3 aromatic rings. The van der Waals surface area contributed by atoms with Gasteiger partial charge in [-0.05, 0) is 32.0 Å². The first kappa shape index (κ1) is 10.4. The van der Waals surface area contributed by atoms with E-state index in [1.54, 1.807) is 0 Å². The highest BCUT2D eigenvalue weighted by Gasteiger charge is 2.14. The van der Waals surface area contributed by atoms with E-state index >= 15 is 0 Å². The molecule has 0 aliphatic rings. The molecule has 0 unspecified atom stereocenters. The fourth-order valence-corrected chi connectivity index (χ4v) is 2.27. The lowest BCUT2D eigenvalue weighted by atomic mass is 10.1. The van der Waals surface area contributed by atoms with E-state index in [0.29, 0.717) is 6.54 Å². The Kier molecular flexibility index (Phi) is 2.21. The lowest BCUT2D eigenvalue weighted by Crippen LogP contribution is -2.06. The molecule has 0 bridgehead atoms. The quantitative estimate of drug-likeness (QED) is 0.664. The van der Waals surface area contributed by atoms with Gasteiger partial charge in [0, 0.05) is 16.3 Å². The topological polar surface area (TPSA) is 58.5 Å². The second-order valence-electron chi connectivity index (χ2n) is 4.23. The number of furan rings is 2. The number of nitrogens with one attached hydrogen (secondary N) is 1. The van der Waals surface area contributed by atoms with Gasteiger partial charge in [0.2, 0.25) is 0 Å². The molecule has 2 aromatic heterocycles. The molecule has 0 atom stereocenters. The van der Waals surface area contributed by atoms with Gasteiger partial charge in [-0.25, -0.2) is 5.48 Å². The summed E-state index contributed by atoms with van der Waals surface area (Å²) in [5, 5.41) is 10.9. The summed E-state index contributed by atoms with van der Waals surface area (Å²) in [6.45, 7) is 4.15. The number of aryl methyl sites for hydroxylation is 2. The summed E-state index contributed by atoms with van der Waals surface area (Å²) in [6, 6.07) is 5.89. The largest absolute Gasteiger partial charge is 0.461 e. The van der Waals surface area contributed by atoms with Crippen LogP contribution in [0.2, 0.25) is 0 Å². The van der Waals surface area contributed by atoms with E-state index in [0.717, 1.165) is 39.0 Å².